The van der Waals surface area contributed by atoms with Gasteiger partial charge in [-0.2, -0.15) is 0 Å². The minimum Gasteiger partial charge on any atom is -0.491 e. The van der Waals surface area contributed by atoms with Gasteiger partial charge in [0.2, 0.25) is 0 Å². The van der Waals surface area contributed by atoms with Crippen molar-refractivity contribution in [1.29, 1.82) is 0 Å². The van der Waals surface area contributed by atoms with E-state index in [1.54, 1.807) is 0 Å². The van der Waals surface area contributed by atoms with Crippen molar-refractivity contribution in [3.63, 3.8) is 0 Å². The first-order chi connectivity index (χ1) is 9.70. The van der Waals surface area contributed by atoms with E-state index in [0.717, 1.165) is 12.2 Å². The third kappa shape index (κ3) is 3.84. The Morgan fingerprint density at radius 3 is 2.05 bits per heavy atom. The highest BCUT2D eigenvalue weighted by Gasteiger charge is 2.13. The quantitative estimate of drug-likeness (QED) is 0.861. The fourth-order valence-electron chi connectivity index (χ4n) is 2.43. The molecule has 2 aromatic carbocycles. The summed E-state index contributed by atoms with van der Waals surface area (Å²) in [6.07, 6.45) is 1.16. The highest BCUT2D eigenvalue weighted by molar-refractivity contribution is 5.36. The molecule has 0 aliphatic carbocycles. The molecule has 20 heavy (non-hydrogen) atoms. The van der Waals surface area contributed by atoms with Crippen LogP contribution in [0.4, 0.5) is 0 Å². The summed E-state index contributed by atoms with van der Waals surface area (Å²) in [5, 5.41) is 0. The van der Waals surface area contributed by atoms with Crippen LogP contribution in [-0.4, -0.2) is 12.6 Å². The molecule has 0 radical (unpaired) electrons. The van der Waals surface area contributed by atoms with Crippen molar-refractivity contribution < 1.29 is 4.74 Å². The third-order valence-electron chi connectivity index (χ3n) is 3.31. The van der Waals surface area contributed by atoms with Crippen LogP contribution < -0.4 is 10.5 Å². The highest BCUT2D eigenvalue weighted by Crippen LogP contribution is 2.28. The van der Waals surface area contributed by atoms with Crippen LogP contribution in [-0.2, 0) is 0 Å². The molecule has 0 bridgehead atoms. The molecule has 2 heteroatoms. The second-order valence-corrected chi connectivity index (χ2v) is 5.28. The zero-order valence-electron chi connectivity index (χ0n) is 12.3. The number of hydrogen-bond acceptors (Lipinski definition) is 2. The monoisotopic (exact) mass is 269 g/mol. The summed E-state index contributed by atoms with van der Waals surface area (Å²) in [5.41, 5.74) is 8.38. The summed E-state index contributed by atoms with van der Waals surface area (Å²) < 4.78 is 5.69. The molecule has 2 aromatic rings. The Bertz CT molecular complexity index is 505. The maximum atomic E-state index is 5.78. The number of rotatable bonds is 6. The summed E-state index contributed by atoms with van der Waals surface area (Å²) in [6.45, 7) is 4.76. The Labute approximate surface area is 121 Å². The van der Waals surface area contributed by atoms with Crippen LogP contribution in [0, 0.1) is 0 Å². The molecule has 0 heterocycles. The predicted molar refractivity (Wildman–Crippen MR) is 84.2 cm³/mol. The molecule has 2 N–H and O–H groups in total. The molecule has 0 fully saturated rings. The molecule has 0 aliphatic rings. The smallest absolute Gasteiger partial charge is 0.119 e. The van der Waals surface area contributed by atoms with Crippen LogP contribution in [0.2, 0.25) is 0 Å². The fraction of sp³-hybridized carbons (Fsp3) is 0.333. The zero-order chi connectivity index (χ0) is 14.4. The molecular formula is C18H23NO. The van der Waals surface area contributed by atoms with Crippen molar-refractivity contribution >= 4 is 0 Å². The Balaban J connectivity index is 2.21. The average Bonchev–Trinajstić information content (AvgIpc) is 2.46. The van der Waals surface area contributed by atoms with Gasteiger partial charge in [0.25, 0.3) is 0 Å². The van der Waals surface area contributed by atoms with Gasteiger partial charge in [0.05, 0.1) is 6.10 Å². The minimum absolute atomic E-state index is 0.204. The Kier molecular flexibility index (Phi) is 5.19. The van der Waals surface area contributed by atoms with Gasteiger partial charge in [-0.3, -0.25) is 0 Å². The van der Waals surface area contributed by atoms with E-state index in [1.165, 1.54) is 11.1 Å². The van der Waals surface area contributed by atoms with Crippen molar-refractivity contribution in [2.45, 2.75) is 32.3 Å². The van der Waals surface area contributed by atoms with Crippen LogP contribution in [0.5, 0.6) is 5.75 Å². The van der Waals surface area contributed by atoms with Crippen molar-refractivity contribution in [3.05, 3.63) is 65.7 Å². The molecule has 0 saturated heterocycles. The molecule has 0 aromatic heterocycles. The number of nitrogens with two attached hydrogens (primary N) is 1. The van der Waals surface area contributed by atoms with Crippen LogP contribution in [0.1, 0.15) is 37.3 Å². The maximum absolute atomic E-state index is 5.78. The summed E-state index contributed by atoms with van der Waals surface area (Å²) in [5.74, 6) is 1.28. The van der Waals surface area contributed by atoms with Crippen LogP contribution >= 0.6 is 0 Å². The second-order valence-electron chi connectivity index (χ2n) is 5.28. The summed E-state index contributed by atoms with van der Waals surface area (Å²) in [4.78, 5) is 0. The van der Waals surface area contributed by atoms with E-state index in [0.29, 0.717) is 12.5 Å². The number of benzene rings is 2. The standard InChI is InChI=1S/C18H23NO/c1-14(2)20-17-10-8-16(9-11-17)18(12-13-19)15-6-4-3-5-7-15/h3-11,14,18H,12-13,19H2,1-2H3. The van der Waals surface area contributed by atoms with E-state index < -0.39 is 0 Å². The van der Waals surface area contributed by atoms with Gasteiger partial charge >= 0.3 is 0 Å². The topological polar surface area (TPSA) is 35.2 Å². The Morgan fingerprint density at radius 2 is 1.50 bits per heavy atom. The highest BCUT2D eigenvalue weighted by atomic mass is 16.5. The summed E-state index contributed by atoms with van der Waals surface area (Å²) >= 11 is 0. The Morgan fingerprint density at radius 1 is 0.900 bits per heavy atom. The van der Waals surface area contributed by atoms with E-state index in [2.05, 4.69) is 36.4 Å². The normalized spacial score (nSPS) is 12.4. The Hall–Kier alpha value is -1.80. The van der Waals surface area contributed by atoms with Gasteiger partial charge in [0.1, 0.15) is 5.75 Å². The van der Waals surface area contributed by atoms with Gasteiger partial charge < -0.3 is 10.5 Å². The number of ether oxygens (including phenoxy) is 1. The molecule has 0 amide bonds. The predicted octanol–water partition coefficient (Wildman–Crippen LogP) is 3.95. The van der Waals surface area contributed by atoms with Gasteiger partial charge in [-0.25, -0.2) is 0 Å². The molecular weight excluding hydrogens is 246 g/mol. The van der Waals surface area contributed by atoms with Gasteiger partial charge in [-0.1, -0.05) is 42.5 Å². The van der Waals surface area contributed by atoms with E-state index >= 15 is 0 Å². The van der Waals surface area contributed by atoms with Gasteiger partial charge in [-0.05, 0) is 50.1 Å². The van der Waals surface area contributed by atoms with Crippen LogP contribution in [0.3, 0.4) is 0 Å². The van der Waals surface area contributed by atoms with E-state index in [-0.39, 0.29) is 6.10 Å². The van der Waals surface area contributed by atoms with Gasteiger partial charge in [-0.15, -0.1) is 0 Å². The first-order valence-corrected chi connectivity index (χ1v) is 7.22. The molecule has 1 atom stereocenters. The van der Waals surface area contributed by atoms with Crippen molar-refractivity contribution in [2.75, 3.05) is 6.54 Å². The van der Waals surface area contributed by atoms with Crippen molar-refractivity contribution in [1.82, 2.24) is 0 Å². The van der Waals surface area contributed by atoms with Crippen LogP contribution in [0.15, 0.2) is 54.6 Å². The lowest BCUT2D eigenvalue weighted by Crippen LogP contribution is -2.09. The molecule has 106 valence electrons. The summed E-state index contributed by atoms with van der Waals surface area (Å²) in [7, 11) is 0. The first kappa shape index (κ1) is 14.6. The lowest BCUT2D eigenvalue weighted by atomic mass is 9.88. The largest absolute Gasteiger partial charge is 0.491 e. The zero-order valence-corrected chi connectivity index (χ0v) is 12.3. The van der Waals surface area contributed by atoms with Crippen molar-refractivity contribution in [3.8, 4) is 5.75 Å². The van der Waals surface area contributed by atoms with Crippen LogP contribution in [0.25, 0.3) is 0 Å². The van der Waals surface area contributed by atoms with E-state index in [4.69, 9.17) is 10.5 Å². The van der Waals surface area contributed by atoms with Gasteiger partial charge in [0.15, 0.2) is 0 Å². The first-order valence-electron chi connectivity index (χ1n) is 7.22. The van der Waals surface area contributed by atoms with Gasteiger partial charge in [0, 0.05) is 5.92 Å². The molecule has 0 saturated carbocycles. The molecule has 0 spiro atoms. The second kappa shape index (κ2) is 7.11. The molecule has 0 aliphatic heterocycles. The lowest BCUT2D eigenvalue weighted by molar-refractivity contribution is 0.242. The summed E-state index contributed by atoms with van der Waals surface area (Å²) in [6, 6.07) is 18.9. The van der Waals surface area contributed by atoms with Crippen molar-refractivity contribution in [2.24, 2.45) is 5.73 Å². The maximum Gasteiger partial charge on any atom is 0.119 e. The SMILES string of the molecule is CC(C)Oc1ccc(C(CCN)c2ccccc2)cc1. The molecule has 2 nitrogen and oxygen atoms in total. The fourth-order valence-corrected chi connectivity index (χ4v) is 2.43. The number of hydrogen-bond donors (Lipinski definition) is 1. The third-order valence-corrected chi connectivity index (χ3v) is 3.31. The molecule has 2 rings (SSSR count). The van der Waals surface area contributed by atoms with E-state index in [9.17, 15) is 0 Å². The molecule has 1 unspecified atom stereocenters. The van der Waals surface area contributed by atoms with E-state index in [1.807, 2.05) is 32.0 Å². The average molecular weight is 269 g/mol. The minimum atomic E-state index is 0.204. The lowest BCUT2D eigenvalue weighted by Gasteiger charge is -2.18.